The number of aliphatic hydroxyl groups is 1. The van der Waals surface area contributed by atoms with Crippen LogP contribution in [-0.2, 0) is 80.4 Å². The minimum absolute atomic E-state index is 0.0293. The third kappa shape index (κ3) is 21.0. The highest BCUT2D eigenvalue weighted by atomic mass is 32.2. The quantitative estimate of drug-likeness (QED) is 0.0440. The van der Waals surface area contributed by atoms with Gasteiger partial charge in [0.15, 0.2) is 17.3 Å². The molecule has 15 rings (SSSR count). The van der Waals surface area contributed by atoms with Crippen molar-refractivity contribution >= 4 is 85.1 Å². The van der Waals surface area contributed by atoms with Gasteiger partial charge in [0.1, 0.15) is 28.5 Å². The molecular weight excluding hydrogens is 1650 g/mol. The standard InChI is InChI=1S/C19H28N2O6S.C15H22N2O5S.C15H20N2O4S.C13H17N3O5S.C13H17N3O4S2/c1-18(2,3)27-17(23)20-10-8-19(9-11-20)21(12-13-26-19)28(24,25)16-6-4-15(14-22)5-7-16;1-20-13-4-3-12(11-14(13)21-2)23(18,19)17-8-5-15(6-9-17)16-7-10-22-15;1-12(18)13-2-4-14(5-3-13)22(19,20)17-10-11-21-15(17)6-8-16-9-7-15;2*17-16(18)11-1-3-12(4-2-11)22(19,20)15-8-5-13(6-9-15)14-7-10-21-13/h4-7,22H,8-14H2,1-3H3;3-4,11,16H,5-10H2,1-2H3;2-5,16H,6-11H2,1H3;2*1-4,14H,5-10H2. The summed E-state index contributed by atoms with van der Waals surface area (Å²) in [5, 5.41) is 43.8. The van der Waals surface area contributed by atoms with Crippen LogP contribution < -0.4 is 30.7 Å². The number of ether oxygens (including phenoxy) is 7. The molecular formula is C75H104N12O24S6. The van der Waals surface area contributed by atoms with Crippen molar-refractivity contribution in [2.45, 2.75) is 156 Å². The number of Topliss-reactive ketones (excluding diaryl/α,β-unsaturated/α-hetero) is 1. The third-order valence-corrected chi connectivity index (χ3v) is 33.3. The van der Waals surface area contributed by atoms with Crippen LogP contribution in [-0.4, -0.2) is 273 Å². The maximum atomic E-state index is 13.2. The van der Waals surface area contributed by atoms with Crippen LogP contribution in [0.3, 0.4) is 0 Å². The highest BCUT2D eigenvalue weighted by molar-refractivity contribution is 8.00. The van der Waals surface area contributed by atoms with E-state index in [0.717, 1.165) is 51.3 Å². The van der Waals surface area contributed by atoms with Gasteiger partial charge in [0.2, 0.25) is 50.1 Å². The number of thioether (sulfide) groups is 1. The number of sulfonamides is 5. The van der Waals surface area contributed by atoms with Crippen LogP contribution >= 0.6 is 11.8 Å². The smallest absolute Gasteiger partial charge is 0.410 e. The Hall–Kier alpha value is -7.02. The average Bonchev–Trinajstić information content (AvgIpc) is 1.61. The maximum Gasteiger partial charge on any atom is 0.410 e. The molecule has 10 aliphatic heterocycles. The summed E-state index contributed by atoms with van der Waals surface area (Å²) in [6.07, 6.45) is 5.75. The normalized spacial score (nSPS) is 21.5. The third-order valence-electron chi connectivity index (χ3n) is 22.1. The van der Waals surface area contributed by atoms with Crippen molar-refractivity contribution < 1.29 is 99.8 Å². The average molecular weight is 1750 g/mol. The topological polar surface area (TPSA) is 444 Å². The molecule has 10 heterocycles. The predicted octanol–water partition coefficient (Wildman–Crippen LogP) is 5.83. The lowest BCUT2D eigenvalue weighted by atomic mass is 10.0. The molecule has 0 bridgehead atoms. The minimum Gasteiger partial charge on any atom is -0.493 e. The molecule has 0 saturated carbocycles. The lowest BCUT2D eigenvalue weighted by Crippen LogP contribution is -2.56. The van der Waals surface area contributed by atoms with Crippen LogP contribution in [0.1, 0.15) is 108 Å². The van der Waals surface area contributed by atoms with E-state index >= 15 is 0 Å². The van der Waals surface area contributed by atoms with Crippen molar-refractivity contribution in [2.75, 3.05) is 145 Å². The molecule has 5 N–H and O–H groups in total. The Morgan fingerprint density at radius 3 is 1.26 bits per heavy atom. The Morgan fingerprint density at radius 2 is 0.880 bits per heavy atom. The zero-order valence-corrected chi connectivity index (χ0v) is 71.2. The zero-order chi connectivity index (χ0) is 84.5. The molecule has 0 radical (unpaired) electrons. The van der Waals surface area contributed by atoms with E-state index in [-0.39, 0.29) is 71.1 Å². The number of amides is 1. The van der Waals surface area contributed by atoms with E-state index in [1.54, 1.807) is 41.3 Å². The fourth-order valence-electron chi connectivity index (χ4n) is 15.6. The van der Waals surface area contributed by atoms with Crippen LogP contribution in [0.15, 0.2) is 140 Å². The van der Waals surface area contributed by atoms with Gasteiger partial charge in [-0.2, -0.15) is 21.5 Å². The number of piperidine rings is 5. The fraction of sp³-hybridized carbons (Fsp3) is 0.573. The van der Waals surface area contributed by atoms with Gasteiger partial charge >= 0.3 is 6.09 Å². The largest absolute Gasteiger partial charge is 0.493 e. The lowest BCUT2D eigenvalue weighted by molar-refractivity contribution is -0.385. The molecule has 1 amide bonds. The number of carbonyl (C=O) groups is 2. The first-order chi connectivity index (χ1) is 55.4. The molecule has 0 atom stereocenters. The molecule has 644 valence electrons. The van der Waals surface area contributed by atoms with Gasteiger partial charge in [0.25, 0.3) is 11.4 Å². The fourth-order valence-corrected chi connectivity index (χ4v) is 24.6. The first kappa shape index (κ1) is 90.7. The van der Waals surface area contributed by atoms with Crippen LogP contribution in [0.25, 0.3) is 0 Å². The first-order valence-electron chi connectivity index (χ1n) is 38.6. The molecule has 10 fully saturated rings. The molecule has 0 aliphatic carbocycles. The number of methoxy groups -OCH3 is 2. The molecule has 10 saturated heterocycles. The second kappa shape index (κ2) is 37.5. The van der Waals surface area contributed by atoms with Gasteiger partial charge in [0, 0.05) is 178 Å². The van der Waals surface area contributed by atoms with Gasteiger partial charge in [-0.25, -0.2) is 46.9 Å². The summed E-state index contributed by atoms with van der Waals surface area (Å²) >= 11 is 1.87. The van der Waals surface area contributed by atoms with Gasteiger partial charge in [-0.15, -0.1) is 11.8 Å². The highest BCUT2D eigenvalue weighted by Gasteiger charge is 2.53. The number of carbonyl (C=O) groups excluding carboxylic acids is 2. The van der Waals surface area contributed by atoms with Crippen molar-refractivity contribution in [3.63, 3.8) is 0 Å². The summed E-state index contributed by atoms with van der Waals surface area (Å²) < 4.78 is 174. The number of nitrogens with zero attached hydrogens (tertiary/aromatic N) is 8. The van der Waals surface area contributed by atoms with E-state index in [4.69, 9.17) is 38.3 Å². The number of aliphatic hydroxyl groups excluding tert-OH is 1. The summed E-state index contributed by atoms with van der Waals surface area (Å²) in [7, 11) is -15.1. The van der Waals surface area contributed by atoms with Crippen molar-refractivity contribution in [1.29, 1.82) is 0 Å². The number of hydrogen-bond donors (Lipinski definition) is 5. The molecule has 5 aromatic rings. The van der Waals surface area contributed by atoms with Crippen molar-refractivity contribution in [2.24, 2.45) is 0 Å². The van der Waals surface area contributed by atoms with Gasteiger partial charge in [-0.1, -0.05) is 24.3 Å². The Balaban J connectivity index is 0.000000144. The maximum absolute atomic E-state index is 13.2. The summed E-state index contributed by atoms with van der Waals surface area (Å²) in [5.74, 6) is 1.90. The number of rotatable bonds is 16. The Morgan fingerprint density at radius 1 is 0.479 bits per heavy atom. The van der Waals surface area contributed by atoms with E-state index < -0.39 is 83.1 Å². The molecule has 10 aliphatic rings. The van der Waals surface area contributed by atoms with Gasteiger partial charge in [-0.3, -0.25) is 35.7 Å². The Bertz CT molecular complexity index is 4760. The first-order valence-corrected chi connectivity index (χ1v) is 46.8. The molecule has 117 heavy (non-hydrogen) atoms. The number of hydrogen-bond acceptors (Lipinski definition) is 29. The van der Waals surface area contributed by atoms with Crippen LogP contribution in [0.2, 0.25) is 0 Å². The summed E-state index contributed by atoms with van der Waals surface area (Å²) in [4.78, 5) is 46.2. The Labute approximate surface area is 687 Å². The van der Waals surface area contributed by atoms with Crippen molar-refractivity contribution in [3.05, 3.63) is 147 Å². The number of benzene rings is 5. The van der Waals surface area contributed by atoms with Crippen molar-refractivity contribution in [1.82, 2.24) is 47.7 Å². The molecule has 5 spiro atoms. The van der Waals surface area contributed by atoms with E-state index in [1.165, 1.54) is 122 Å². The SMILES string of the molecule is CC(=O)c1ccc(S(=O)(=O)N2CCOC23CCNCC3)cc1.CC(C)(C)OC(=O)N1CCC2(CC1)OCCN2S(=O)(=O)c1ccc(CO)cc1.COc1ccc(S(=O)(=O)N2CCC3(CC2)NCCO3)cc1OC.O=[N+]([O-])c1ccc(S(=O)(=O)N2CCC3(CC2)NCCO3)cc1.O=[N+]([O-])c1ccc(S(=O)(=O)N2CCC3(CC2)NCCS3)cc1. The van der Waals surface area contributed by atoms with Gasteiger partial charge in [0.05, 0.1) is 86.4 Å². The lowest BCUT2D eigenvalue weighted by Gasteiger charge is -2.42. The van der Waals surface area contributed by atoms with Crippen molar-refractivity contribution in [3.8, 4) is 11.5 Å². The number of nitrogens with one attached hydrogen (secondary N) is 4. The molecule has 5 aromatic carbocycles. The van der Waals surface area contributed by atoms with E-state index in [1.807, 2.05) is 32.5 Å². The van der Waals surface area contributed by atoms with Crippen LogP contribution in [0.5, 0.6) is 11.5 Å². The molecule has 42 heteroatoms. The number of non-ortho nitro benzene ring substituents is 2. The molecule has 0 unspecified atom stereocenters. The summed E-state index contributed by atoms with van der Waals surface area (Å²) in [5.41, 5.74) is -2.04. The van der Waals surface area contributed by atoms with E-state index in [0.29, 0.717) is 159 Å². The number of likely N-dealkylation sites (tertiary alicyclic amines) is 1. The molecule has 36 nitrogen and oxygen atoms in total. The van der Waals surface area contributed by atoms with Gasteiger partial charge < -0.3 is 53.8 Å². The predicted molar refractivity (Wildman–Crippen MR) is 429 cm³/mol. The van der Waals surface area contributed by atoms with E-state index in [9.17, 15) is 71.9 Å². The zero-order valence-electron chi connectivity index (χ0n) is 66.3. The van der Waals surface area contributed by atoms with Crippen LogP contribution in [0, 0.1) is 20.2 Å². The Kier molecular flexibility index (Phi) is 29.1. The highest BCUT2D eigenvalue weighted by Crippen LogP contribution is 2.43. The second-order valence-electron chi connectivity index (χ2n) is 30.4. The van der Waals surface area contributed by atoms with Crippen LogP contribution in [0.4, 0.5) is 16.2 Å². The number of nitro groups is 2. The minimum atomic E-state index is -3.75. The van der Waals surface area contributed by atoms with Gasteiger partial charge in [-0.05, 0) is 120 Å². The molecule has 0 aromatic heterocycles. The number of ketones is 1. The second-order valence-corrected chi connectivity index (χ2v) is 41.4. The summed E-state index contributed by atoms with van der Waals surface area (Å²) in [6.45, 7) is 16.8. The van der Waals surface area contributed by atoms with E-state index in [2.05, 4.69) is 21.3 Å². The monoisotopic (exact) mass is 1750 g/mol. The number of nitro benzene ring substituents is 2. The summed E-state index contributed by atoms with van der Waals surface area (Å²) in [6, 6.07) is 27.0.